The van der Waals surface area contributed by atoms with Gasteiger partial charge >= 0.3 is 12.2 Å². The van der Waals surface area contributed by atoms with Gasteiger partial charge in [0, 0.05) is 21.0 Å². The van der Waals surface area contributed by atoms with Crippen molar-refractivity contribution in [2.24, 2.45) is 5.10 Å². The fraction of sp³-hybridized carbons (Fsp3) is 0.0417. The second-order valence-corrected chi connectivity index (χ2v) is 8.00. The molecule has 0 saturated carbocycles. The largest absolute Gasteiger partial charge is 0.446 e. The van der Waals surface area contributed by atoms with Gasteiger partial charge in [-0.05, 0) is 60.7 Å². The molecule has 0 aliphatic heterocycles. The summed E-state index contributed by atoms with van der Waals surface area (Å²) in [7, 11) is 0. The first-order valence-electron chi connectivity index (χ1n) is 9.70. The summed E-state index contributed by atoms with van der Waals surface area (Å²) in [5.41, 5.74) is 3.72. The molecule has 1 heterocycles. The van der Waals surface area contributed by atoms with Gasteiger partial charge in [-0.15, -0.1) is 0 Å². The van der Waals surface area contributed by atoms with Crippen LogP contribution >= 0.6 is 34.8 Å². The lowest BCUT2D eigenvalue weighted by Gasteiger charge is -2.19. The molecule has 1 aromatic heterocycles. The molecule has 1 N–H and O–H groups in total. The molecule has 0 atom stereocenters. The van der Waals surface area contributed by atoms with E-state index in [0.29, 0.717) is 27.1 Å². The molecule has 6 nitrogen and oxygen atoms in total. The van der Waals surface area contributed by atoms with E-state index in [4.69, 9.17) is 44.3 Å². The molecule has 166 valence electrons. The number of aromatic nitrogens is 1. The van der Waals surface area contributed by atoms with E-state index >= 15 is 0 Å². The van der Waals surface area contributed by atoms with E-state index in [2.05, 4.69) is 15.5 Å². The standard InChI is InChI=1S/C24H16Cl3N3O3/c25-17-5-9-19(10-6-17)32-24(33-20-11-7-18(26)8-12-20)23(31)30-28-14-16-13-15-3-1-2-4-21(15)29-22(16)27/h1-14,24H,(H,30,31)/b28-14+. The summed E-state index contributed by atoms with van der Waals surface area (Å²) in [6, 6.07) is 22.4. The molecule has 0 radical (unpaired) electrons. The average molecular weight is 501 g/mol. The van der Waals surface area contributed by atoms with Crippen molar-refractivity contribution >= 4 is 57.8 Å². The van der Waals surface area contributed by atoms with Crippen LogP contribution in [-0.4, -0.2) is 23.4 Å². The molecule has 0 unspecified atom stereocenters. The zero-order chi connectivity index (χ0) is 23.2. The van der Waals surface area contributed by atoms with E-state index in [0.717, 1.165) is 10.9 Å². The topological polar surface area (TPSA) is 72.8 Å². The number of benzene rings is 3. The van der Waals surface area contributed by atoms with E-state index in [1.165, 1.54) is 6.21 Å². The number of para-hydroxylation sites is 1. The molecule has 33 heavy (non-hydrogen) atoms. The number of halogens is 3. The van der Waals surface area contributed by atoms with Crippen molar-refractivity contribution in [3.05, 3.63) is 99.6 Å². The summed E-state index contributed by atoms with van der Waals surface area (Å²) in [5.74, 6) is 0.138. The number of amides is 1. The lowest BCUT2D eigenvalue weighted by molar-refractivity contribution is -0.140. The number of carbonyl (C=O) groups is 1. The highest BCUT2D eigenvalue weighted by atomic mass is 35.5. The van der Waals surface area contributed by atoms with Crippen molar-refractivity contribution in [2.45, 2.75) is 6.29 Å². The van der Waals surface area contributed by atoms with Crippen molar-refractivity contribution < 1.29 is 14.3 Å². The van der Waals surface area contributed by atoms with Crippen LogP contribution in [0.25, 0.3) is 10.9 Å². The Balaban J connectivity index is 1.50. The van der Waals surface area contributed by atoms with Crippen molar-refractivity contribution in [1.29, 1.82) is 0 Å². The van der Waals surface area contributed by atoms with Crippen LogP contribution in [0.15, 0.2) is 84.0 Å². The number of nitrogens with one attached hydrogen (secondary N) is 1. The SMILES string of the molecule is O=C(N/N=C/c1cc2ccccc2nc1Cl)C(Oc1ccc(Cl)cc1)Oc1ccc(Cl)cc1. The van der Waals surface area contributed by atoms with Crippen LogP contribution in [0.5, 0.6) is 11.5 Å². The first kappa shape index (κ1) is 22.9. The van der Waals surface area contributed by atoms with Crippen LogP contribution < -0.4 is 14.9 Å². The highest BCUT2D eigenvalue weighted by molar-refractivity contribution is 6.32. The van der Waals surface area contributed by atoms with Gasteiger partial charge in [0.2, 0.25) is 0 Å². The van der Waals surface area contributed by atoms with Gasteiger partial charge in [0.25, 0.3) is 0 Å². The normalized spacial score (nSPS) is 11.2. The molecular formula is C24H16Cl3N3O3. The smallest absolute Gasteiger partial charge is 0.323 e. The summed E-state index contributed by atoms with van der Waals surface area (Å²) in [5, 5.41) is 6.22. The zero-order valence-corrected chi connectivity index (χ0v) is 19.2. The first-order chi connectivity index (χ1) is 16.0. The Morgan fingerprint density at radius 2 is 1.45 bits per heavy atom. The van der Waals surface area contributed by atoms with Crippen molar-refractivity contribution in [1.82, 2.24) is 10.4 Å². The fourth-order valence-electron chi connectivity index (χ4n) is 2.82. The number of hydrogen-bond donors (Lipinski definition) is 1. The third kappa shape index (κ3) is 6.14. The van der Waals surface area contributed by atoms with E-state index < -0.39 is 12.2 Å². The van der Waals surface area contributed by atoms with Crippen LogP contribution in [-0.2, 0) is 4.79 Å². The van der Waals surface area contributed by atoms with Gasteiger partial charge in [-0.25, -0.2) is 10.4 Å². The summed E-state index contributed by atoms with van der Waals surface area (Å²) >= 11 is 18.1. The fourth-order valence-corrected chi connectivity index (χ4v) is 3.27. The molecule has 9 heteroatoms. The van der Waals surface area contributed by atoms with Gasteiger partial charge in [0.1, 0.15) is 16.7 Å². The molecule has 3 aromatic carbocycles. The second kappa shape index (κ2) is 10.5. The van der Waals surface area contributed by atoms with Crippen molar-refractivity contribution in [2.75, 3.05) is 0 Å². The molecular weight excluding hydrogens is 485 g/mol. The summed E-state index contributed by atoms with van der Waals surface area (Å²) in [6.07, 6.45) is 0.0658. The summed E-state index contributed by atoms with van der Waals surface area (Å²) in [6.45, 7) is 0. The summed E-state index contributed by atoms with van der Waals surface area (Å²) in [4.78, 5) is 17.1. The molecule has 4 rings (SSSR count). The van der Waals surface area contributed by atoms with Crippen LogP contribution in [0.2, 0.25) is 15.2 Å². The Morgan fingerprint density at radius 1 is 0.879 bits per heavy atom. The van der Waals surface area contributed by atoms with E-state index in [-0.39, 0.29) is 5.15 Å². The van der Waals surface area contributed by atoms with E-state index in [1.807, 2.05) is 30.3 Å². The number of carbonyl (C=O) groups excluding carboxylic acids is 1. The summed E-state index contributed by atoms with van der Waals surface area (Å²) < 4.78 is 11.4. The van der Waals surface area contributed by atoms with E-state index in [1.54, 1.807) is 48.5 Å². The molecule has 0 saturated heterocycles. The first-order valence-corrected chi connectivity index (χ1v) is 10.8. The zero-order valence-electron chi connectivity index (χ0n) is 16.9. The second-order valence-electron chi connectivity index (χ2n) is 6.77. The van der Waals surface area contributed by atoms with E-state index in [9.17, 15) is 4.79 Å². The maximum atomic E-state index is 12.8. The van der Waals surface area contributed by atoms with Gasteiger partial charge < -0.3 is 9.47 Å². The quantitative estimate of drug-likeness (QED) is 0.143. The number of fused-ring (bicyclic) bond motifs is 1. The van der Waals surface area contributed by atoms with Gasteiger partial charge in [0.05, 0.1) is 11.7 Å². The van der Waals surface area contributed by atoms with Crippen LogP contribution in [0.3, 0.4) is 0 Å². The molecule has 0 spiro atoms. The third-order valence-corrected chi connectivity index (χ3v) is 5.22. The Bertz CT molecular complexity index is 1250. The number of pyridine rings is 1. The average Bonchev–Trinajstić information content (AvgIpc) is 2.81. The number of ether oxygens (including phenoxy) is 2. The maximum Gasteiger partial charge on any atom is 0.323 e. The van der Waals surface area contributed by atoms with Crippen LogP contribution in [0, 0.1) is 0 Å². The van der Waals surface area contributed by atoms with Crippen LogP contribution in [0.4, 0.5) is 0 Å². The Kier molecular flexibility index (Phi) is 7.29. The molecule has 1 amide bonds. The maximum absolute atomic E-state index is 12.8. The number of nitrogens with zero attached hydrogens (tertiary/aromatic N) is 2. The van der Waals surface area contributed by atoms with Crippen LogP contribution in [0.1, 0.15) is 5.56 Å². The number of hydrazone groups is 1. The van der Waals surface area contributed by atoms with Gasteiger partial charge in [0.15, 0.2) is 0 Å². The number of hydrogen-bond acceptors (Lipinski definition) is 5. The number of rotatable bonds is 7. The minimum absolute atomic E-state index is 0.262. The molecule has 0 bridgehead atoms. The highest BCUT2D eigenvalue weighted by Gasteiger charge is 2.22. The minimum Gasteiger partial charge on any atom is -0.446 e. The lowest BCUT2D eigenvalue weighted by atomic mass is 10.2. The van der Waals surface area contributed by atoms with Crippen molar-refractivity contribution in [3.63, 3.8) is 0 Å². The Hall–Kier alpha value is -3.32. The molecule has 0 aliphatic rings. The third-order valence-electron chi connectivity index (χ3n) is 4.41. The Labute approximate surface area is 204 Å². The minimum atomic E-state index is -1.34. The monoisotopic (exact) mass is 499 g/mol. The molecule has 4 aromatic rings. The highest BCUT2D eigenvalue weighted by Crippen LogP contribution is 2.21. The van der Waals surface area contributed by atoms with Gasteiger partial charge in [-0.2, -0.15) is 5.10 Å². The van der Waals surface area contributed by atoms with Gasteiger partial charge in [-0.3, -0.25) is 4.79 Å². The van der Waals surface area contributed by atoms with Gasteiger partial charge in [-0.1, -0.05) is 53.0 Å². The predicted octanol–water partition coefficient (Wildman–Crippen LogP) is 6.13. The van der Waals surface area contributed by atoms with Crippen molar-refractivity contribution in [3.8, 4) is 11.5 Å². The Morgan fingerprint density at radius 3 is 2.06 bits per heavy atom. The molecule has 0 fully saturated rings. The molecule has 0 aliphatic carbocycles. The lowest BCUT2D eigenvalue weighted by Crippen LogP contribution is -2.40. The predicted molar refractivity (Wildman–Crippen MR) is 130 cm³/mol.